The second kappa shape index (κ2) is 6.00. The van der Waals surface area contributed by atoms with Gasteiger partial charge in [0.1, 0.15) is 0 Å². The van der Waals surface area contributed by atoms with Crippen LogP contribution in [-0.4, -0.2) is 28.7 Å². The second-order valence-corrected chi connectivity index (χ2v) is 4.94. The number of nitrogens with two attached hydrogens (primary N) is 1. The second-order valence-electron chi connectivity index (χ2n) is 4.94. The first-order chi connectivity index (χ1) is 8.74. The summed E-state index contributed by atoms with van der Waals surface area (Å²) in [4.78, 5) is 18.5. The van der Waals surface area contributed by atoms with Crippen molar-refractivity contribution in [3.8, 4) is 0 Å². The lowest BCUT2D eigenvalue weighted by atomic mass is 9.94. The molecule has 5 nitrogen and oxygen atoms in total. The molecule has 0 spiro atoms. The van der Waals surface area contributed by atoms with Crippen LogP contribution in [0.1, 0.15) is 32.1 Å². The molecule has 0 aliphatic heterocycles. The highest BCUT2D eigenvalue weighted by Crippen LogP contribution is 2.24. The average molecular weight is 250 g/mol. The molecule has 0 amide bonds. The molecule has 0 unspecified atom stereocenters. The van der Waals surface area contributed by atoms with E-state index in [0.717, 1.165) is 12.8 Å². The number of rotatable bonds is 4. The molecule has 0 radical (unpaired) electrons. The summed E-state index contributed by atoms with van der Waals surface area (Å²) in [5.74, 6) is 0.553. The number of anilines is 1. The van der Waals surface area contributed by atoms with E-state index < -0.39 is 0 Å². The molecule has 2 rings (SSSR count). The molecule has 1 heterocycles. The van der Waals surface area contributed by atoms with Gasteiger partial charge in [0.05, 0.1) is 0 Å². The lowest BCUT2D eigenvalue weighted by molar-refractivity contribution is 0.413. The molecule has 0 aromatic carbocycles. The third-order valence-electron chi connectivity index (χ3n) is 3.66. The monoisotopic (exact) mass is 250 g/mol. The largest absolute Gasteiger partial charge is 0.348 e. The molecular weight excluding hydrogens is 228 g/mol. The van der Waals surface area contributed by atoms with Crippen molar-refractivity contribution in [2.45, 2.75) is 38.1 Å². The Morgan fingerprint density at radius 2 is 2.17 bits per heavy atom. The number of hydrogen-bond donors (Lipinski definition) is 1. The quantitative estimate of drug-likeness (QED) is 0.861. The van der Waals surface area contributed by atoms with Gasteiger partial charge in [-0.15, -0.1) is 0 Å². The third kappa shape index (κ3) is 2.72. The summed E-state index contributed by atoms with van der Waals surface area (Å²) in [6.07, 6.45) is 9.42. The fourth-order valence-electron chi connectivity index (χ4n) is 2.67. The number of aryl methyl sites for hydroxylation is 1. The van der Waals surface area contributed by atoms with Crippen molar-refractivity contribution in [1.82, 2.24) is 9.55 Å². The van der Waals surface area contributed by atoms with E-state index in [9.17, 15) is 4.79 Å². The third-order valence-corrected chi connectivity index (χ3v) is 3.66. The first-order valence-electron chi connectivity index (χ1n) is 6.72. The lowest BCUT2D eigenvalue weighted by Crippen LogP contribution is -2.44. The highest BCUT2D eigenvalue weighted by Gasteiger charge is 2.23. The van der Waals surface area contributed by atoms with E-state index >= 15 is 0 Å². The molecule has 100 valence electrons. The van der Waals surface area contributed by atoms with Crippen LogP contribution in [0.15, 0.2) is 17.2 Å². The van der Waals surface area contributed by atoms with Crippen LogP contribution >= 0.6 is 0 Å². The highest BCUT2D eigenvalue weighted by molar-refractivity contribution is 5.37. The van der Waals surface area contributed by atoms with Crippen molar-refractivity contribution in [3.05, 3.63) is 22.7 Å². The van der Waals surface area contributed by atoms with Gasteiger partial charge in [0.2, 0.25) is 0 Å². The van der Waals surface area contributed by atoms with Crippen molar-refractivity contribution >= 4 is 5.82 Å². The normalized spacial score (nSPS) is 16.8. The summed E-state index contributed by atoms with van der Waals surface area (Å²) in [5.41, 5.74) is 5.65. The zero-order chi connectivity index (χ0) is 13.0. The first kappa shape index (κ1) is 13.1. The van der Waals surface area contributed by atoms with E-state index in [-0.39, 0.29) is 5.56 Å². The van der Waals surface area contributed by atoms with Crippen LogP contribution in [0.4, 0.5) is 5.82 Å². The molecule has 1 aromatic heterocycles. The average Bonchev–Trinajstić information content (AvgIpc) is 2.41. The Morgan fingerprint density at radius 3 is 2.83 bits per heavy atom. The zero-order valence-corrected chi connectivity index (χ0v) is 11.0. The van der Waals surface area contributed by atoms with Crippen LogP contribution in [0.5, 0.6) is 0 Å². The fraction of sp³-hybridized carbons (Fsp3) is 0.692. The lowest BCUT2D eigenvalue weighted by Gasteiger charge is -2.34. The minimum atomic E-state index is -0.0310. The van der Waals surface area contributed by atoms with Crippen molar-refractivity contribution in [3.63, 3.8) is 0 Å². The molecule has 1 aliphatic rings. The predicted octanol–water partition coefficient (Wildman–Crippen LogP) is 0.878. The molecule has 1 aromatic rings. The molecule has 5 heteroatoms. The highest BCUT2D eigenvalue weighted by atomic mass is 16.1. The van der Waals surface area contributed by atoms with Crippen LogP contribution in [0.3, 0.4) is 0 Å². The van der Waals surface area contributed by atoms with E-state index in [1.807, 2.05) is 0 Å². The van der Waals surface area contributed by atoms with Crippen molar-refractivity contribution < 1.29 is 0 Å². The van der Waals surface area contributed by atoms with Crippen LogP contribution < -0.4 is 16.2 Å². The van der Waals surface area contributed by atoms with Gasteiger partial charge >= 0.3 is 0 Å². The Balaban J connectivity index is 2.28. The topological polar surface area (TPSA) is 64.2 Å². The molecule has 1 saturated carbocycles. The maximum absolute atomic E-state index is 12.1. The summed E-state index contributed by atoms with van der Waals surface area (Å²) in [5, 5.41) is 0. The smallest absolute Gasteiger partial charge is 0.293 e. The van der Waals surface area contributed by atoms with Gasteiger partial charge in [0.25, 0.3) is 5.56 Å². The van der Waals surface area contributed by atoms with E-state index in [0.29, 0.717) is 24.9 Å². The summed E-state index contributed by atoms with van der Waals surface area (Å²) >= 11 is 0. The Kier molecular flexibility index (Phi) is 4.36. The van der Waals surface area contributed by atoms with Crippen LogP contribution in [0, 0.1) is 0 Å². The van der Waals surface area contributed by atoms with Gasteiger partial charge in [-0.2, -0.15) is 0 Å². The number of hydrogen-bond acceptors (Lipinski definition) is 4. The molecule has 18 heavy (non-hydrogen) atoms. The molecule has 0 bridgehead atoms. The van der Waals surface area contributed by atoms with Gasteiger partial charge in [-0.1, -0.05) is 19.3 Å². The zero-order valence-electron chi connectivity index (χ0n) is 11.0. The van der Waals surface area contributed by atoms with Crippen LogP contribution in [0.2, 0.25) is 0 Å². The molecule has 0 saturated heterocycles. The maximum atomic E-state index is 12.1. The summed E-state index contributed by atoms with van der Waals surface area (Å²) in [7, 11) is 1.76. The summed E-state index contributed by atoms with van der Waals surface area (Å²) < 4.78 is 1.58. The van der Waals surface area contributed by atoms with E-state index in [2.05, 4.69) is 9.88 Å². The Bertz CT molecular complexity index is 437. The Labute approximate surface area is 108 Å². The van der Waals surface area contributed by atoms with Gasteiger partial charge in [-0.05, 0) is 12.8 Å². The van der Waals surface area contributed by atoms with Crippen molar-refractivity contribution in [2.24, 2.45) is 12.8 Å². The maximum Gasteiger partial charge on any atom is 0.293 e. The van der Waals surface area contributed by atoms with Gasteiger partial charge in [-0.25, -0.2) is 4.98 Å². The number of nitrogens with zero attached hydrogens (tertiary/aromatic N) is 3. The van der Waals surface area contributed by atoms with Gasteiger partial charge in [-0.3, -0.25) is 4.79 Å². The van der Waals surface area contributed by atoms with Gasteiger partial charge < -0.3 is 15.2 Å². The summed E-state index contributed by atoms with van der Waals surface area (Å²) in [6, 6.07) is 0.421. The molecule has 1 fully saturated rings. The SMILES string of the molecule is Cn1ccnc(N(CCN)C2CCCCC2)c1=O. The van der Waals surface area contributed by atoms with Crippen LogP contribution in [-0.2, 0) is 7.05 Å². The van der Waals surface area contributed by atoms with Gasteiger partial charge in [0.15, 0.2) is 5.82 Å². The van der Waals surface area contributed by atoms with Crippen molar-refractivity contribution in [2.75, 3.05) is 18.0 Å². The van der Waals surface area contributed by atoms with E-state index in [1.165, 1.54) is 19.3 Å². The first-order valence-corrected chi connectivity index (χ1v) is 6.72. The standard InChI is InChI=1S/C13H22N4O/c1-16-10-8-15-12(13(16)18)17(9-7-14)11-5-3-2-4-6-11/h8,10-11H,2-7,9,14H2,1H3. The molecule has 0 atom stereocenters. The minimum Gasteiger partial charge on any atom is -0.348 e. The van der Waals surface area contributed by atoms with E-state index in [4.69, 9.17) is 5.73 Å². The Hall–Kier alpha value is -1.36. The molecule has 2 N–H and O–H groups in total. The minimum absolute atomic E-state index is 0.0310. The Morgan fingerprint density at radius 1 is 1.44 bits per heavy atom. The van der Waals surface area contributed by atoms with E-state index in [1.54, 1.807) is 24.0 Å². The molecule has 1 aliphatic carbocycles. The fourth-order valence-corrected chi connectivity index (χ4v) is 2.67. The molecular formula is C13H22N4O. The predicted molar refractivity (Wildman–Crippen MR) is 72.8 cm³/mol. The van der Waals surface area contributed by atoms with Crippen molar-refractivity contribution in [1.29, 1.82) is 0 Å². The van der Waals surface area contributed by atoms with Gasteiger partial charge in [0, 0.05) is 38.6 Å². The van der Waals surface area contributed by atoms with Crippen LogP contribution in [0.25, 0.3) is 0 Å². The number of aromatic nitrogens is 2. The summed E-state index contributed by atoms with van der Waals surface area (Å²) in [6.45, 7) is 1.26.